The highest BCUT2D eigenvalue weighted by molar-refractivity contribution is 5.83. The van der Waals surface area contributed by atoms with Crippen LogP contribution in [-0.4, -0.2) is 30.9 Å². The quantitative estimate of drug-likeness (QED) is 0.686. The molecule has 0 fully saturated rings. The van der Waals surface area contributed by atoms with E-state index in [1.54, 1.807) is 0 Å². The lowest BCUT2D eigenvalue weighted by Crippen LogP contribution is -2.41. The first-order valence-corrected chi connectivity index (χ1v) is 5.83. The van der Waals surface area contributed by atoms with Crippen LogP contribution in [-0.2, 0) is 14.3 Å². The van der Waals surface area contributed by atoms with Crippen LogP contribution in [0, 0.1) is 5.92 Å². The fourth-order valence-corrected chi connectivity index (χ4v) is 1.21. The Labute approximate surface area is 97.7 Å². The summed E-state index contributed by atoms with van der Waals surface area (Å²) < 4.78 is 5.30. The number of carbonyl (C=O) groups excluding carboxylic acids is 2. The van der Waals surface area contributed by atoms with Gasteiger partial charge in [-0.3, -0.25) is 4.79 Å². The zero-order valence-electron chi connectivity index (χ0n) is 10.7. The van der Waals surface area contributed by atoms with Crippen molar-refractivity contribution in [2.24, 2.45) is 5.92 Å². The molecule has 0 aliphatic rings. The maximum Gasteiger partial charge on any atom is 0.220 e. The number of hydrogen-bond acceptors (Lipinski definition) is 3. The number of nitrogens with one attached hydrogen (secondary N) is 1. The highest BCUT2D eigenvalue weighted by Crippen LogP contribution is 2.03. The minimum atomic E-state index is -0.0754. The van der Waals surface area contributed by atoms with Crippen LogP contribution in [0.25, 0.3) is 0 Å². The van der Waals surface area contributed by atoms with Crippen molar-refractivity contribution in [3.63, 3.8) is 0 Å². The molecule has 0 aromatic carbocycles. The molecule has 0 saturated heterocycles. The molecule has 0 rings (SSSR count). The Kier molecular flexibility index (Phi) is 7.81. The van der Waals surface area contributed by atoms with Gasteiger partial charge < -0.3 is 14.8 Å². The molecule has 16 heavy (non-hydrogen) atoms. The number of ether oxygens (including phenoxy) is 1. The van der Waals surface area contributed by atoms with Crippen LogP contribution < -0.4 is 5.32 Å². The van der Waals surface area contributed by atoms with Crippen LogP contribution >= 0.6 is 0 Å². The van der Waals surface area contributed by atoms with Crippen molar-refractivity contribution in [2.45, 2.75) is 46.6 Å². The van der Waals surface area contributed by atoms with E-state index in [-0.39, 0.29) is 24.2 Å². The molecule has 4 heteroatoms. The summed E-state index contributed by atoms with van der Waals surface area (Å²) in [5.74, 6) is 0.294. The summed E-state index contributed by atoms with van der Waals surface area (Å²) in [4.78, 5) is 22.2. The predicted molar refractivity (Wildman–Crippen MR) is 63.2 cm³/mol. The van der Waals surface area contributed by atoms with Gasteiger partial charge in [-0.25, -0.2) is 0 Å². The number of amides is 1. The van der Waals surface area contributed by atoms with Crippen LogP contribution in [0.2, 0.25) is 0 Å². The van der Waals surface area contributed by atoms with Gasteiger partial charge in [0, 0.05) is 19.4 Å². The normalized spacial score (nSPS) is 12.6. The van der Waals surface area contributed by atoms with Crippen molar-refractivity contribution in [2.75, 3.05) is 13.2 Å². The Hall–Kier alpha value is -0.900. The van der Waals surface area contributed by atoms with Gasteiger partial charge in [0.1, 0.15) is 5.78 Å². The van der Waals surface area contributed by atoms with Gasteiger partial charge in [-0.1, -0.05) is 13.8 Å². The number of carbonyl (C=O) groups is 2. The molecule has 0 aromatic rings. The second-order valence-corrected chi connectivity index (χ2v) is 4.28. The molecule has 1 N–H and O–H groups in total. The summed E-state index contributed by atoms with van der Waals surface area (Å²) in [6, 6.07) is 0.0272. The second-order valence-electron chi connectivity index (χ2n) is 4.28. The molecule has 1 atom stereocenters. The smallest absolute Gasteiger partial charge is 0.220 e. The molecular formula is C12H23NO3. The lowest BCUT2D eigenvalue weighted by atomic mass is 10.0. The van der Waals surface area contributed by atoms with E-state index in [2.05, 4.69) is 5.32 Å². The van der Waals surface area contributed by atoms with Crippen molar-refractivity contribution in [1.29, 1.82) is 0 Å². The Morgan fingerprint density at radius 2 is 1.88 bits per heavy atom. The van der Waals surface area contributed by atoms with Gasteiger partial charge in [-0.05, 0) is 19.8 Å². The molecule has 0 bridgehead atoms. The highest BCUT2D eigenvalue weighted by atomic mass is 16.5. The summed E-state index contributed by atoms with van der Waals surface area (Å²) >= 11 is 0. The molecule has 0 aliphatic heterocycles. The largest absolute Gasteiger partial charge is 0.380 e. The first kappa shape index (κ1) is 15.1. The number of rotatable bonds is 8. The lowest BCUT2D eigenvalue weighted by molar-refractivity contribution is -0.125. The van der Waals surface area contributed by atoms with E-state index < -0.39 is 0 Å². The van der Waals surface area contributed by atoms with Crippen molar-refractivity contribution < 1.29 is 14.3 Å². The van der Waals surface area contributed by atoms with E-state index in [1.165, 1.54) is 6.92 Å². The van der Waals surface area contributed by atoms with Gasteiger partial charge >= 0.3 is 0 Å². The fourth-order valence-electron chi connectivity index (χ4n) is 1.21. The highest BCUT2D eigenvalue weighted by Gasteiger charge is 2.16. The van der Waals surface area contributed by atoms with Crippen molar-refractivity contribution in [3.8, 4) is 0 Å². The minimum Gasteiger partial charge on any atom is -0.380 e. The Bertz CT molecular complexity index is 226. The van der Waals surface area contributed by atoms with E-state index >= 15 is 0 Å². The van der Waals surface area contributed by atoms with Crippen LogP contribution in [0.5, 0.6) is 0 Å². The molecule has 1 amide bonds. The summed E-state index contributed by atoms with van der Waals surface area (Å²) in [7, 11) is 0. The maximum atomic E-state index is 11.5. The van der Waals surface area contributed by atoms with Crippen molar-refractivity contribution in [3.05, 3.63) is 0 Å². The monoisotopic (exact) mass is 229 g/mol. The van der Waals surface area contributed by atoms with Gasteiger partial charge in [-0.15, -0.1) is 0 Å². The summed E-state index contributed by atoms with van der Waals surface area (Å²) in [5, 5.41) is 2.89. The zero-order chi connectivity index (χ0) is 12.6. The Balaban J connectivity index is 3.97. The van der Waals surface area contributed by atoms with Crippen LogP contribution in [0.15, 0.2) is 0 Å². The van der Waals surface area contributed by atoms with Crippen LogP contribution in [0.4, 0.5) is 0 Å². The molecule has 1 unspecified atom stereocenters. The lowest BCUT2D eigenvalue weighted by Gasteiger charge is -2.22. The Morgan fingerprint density at radius 1 is 1.25 bits per heavy atom. The average Bonchev–Trinajstić information content (AvgIpc) is 2.20. The maximum absolute atomic E-state index is 11.5. The molecule has 0 aliphatic carbocycles. The molecule has 94 valence electrons. The van der Waals surface area contributed by atoms with E-state index in [0.29, 0.717) is 25.6 Å². The van der Waals surface area contributed by atoms with Crippen LogP contribution in [0.1, 0.15) is 40.5 Å². The second kappa shape index (κ2) is 8.28. The van der Waals surface area contributed by atoms with Crippen LogP contribution in [0.3, 0.4) is 0 Å². The average molecular weight is 229 g/mol. The fraction of sp³-hybridized carbons (Fsp3) is 0.833. The van der Waals surface area contributed by atoms with Gasteiger partial charge in [0.25, 0.3) is 0 Å². The predicted octanol–water partition coefficient (Wildman–Crippen LogP) is 1.53. The molecule has 0 spiro atoms. The third-order valence-electron chi connectivity index (χ3n) is 2.36. The minimum absolute atomic E-state index is 0.0272. The standard InChI is InChI=1S/C12H23NO3/c1-5-16-8-11(9(2)3)13-12(15)7-6-10(4)14/h9,11H,5-8H2,1-4H3,(H,13,15). The molecule has 0 saturated carbocycles. The molecule has 0 aromatic heterocycles. The third kappa shape index (κ3) is 7.40. The van der Waals surface area contributed by atoms with E-state index in [1.807, 2.05) is 20.8 Å². The van der Waals surface area contributed by atoms with Crippen molar-refractivity contribution in [1.82, 2.24) is 5.32 Å². The summed E-state index contributed by atoms with van der Waals surface area (Å²) in [6.07, 6.45) is 0.579. The molecule has 0 radical (unpaired) electrons. The number of hydrogen-bond donors (Lipinski definition) is 1. The van der Waals surface area contributed by atoms with Gasteiger partial charge in [0.15, 0.2) is 0 Å². The van der Waals surface area contributed by atoms with E-state index in [4.69, 9.17) is 4.74 Å². The van der Waals surface area contributed by atoms with E-state index in [0.717, 1.165) is 0 Å². The van der Waals surface area contributed by atoms with E-state index in [9.17, 15) is 9.59 Å². The zero-order valence-corrected chi connectivity index (χ0v) is 10.7. The molecule has 0 heterocycles. The summed E-state index contributed by atoms with van der Waals surface area (Å²) in [5.41, 5.74) is 0. The molecule has 4 nitrogen and oxygen atoms in total. The number of ketones is 1. The first-order valence-electron chi connectivity index (χ1n) is 5.83. The topological polar surface area (TPSA) is 55.4 Å². The van der Waals surface area contributed by atoms with Gasteiger partial charge in [0.05, 0.1) is 12.6 Å². The first-order chi connectivity index (χ1) is 7.47. The van der Waals surface area contributed by atoms with Gasteiger partial charge in [-0.2, -0.15) is 0 Å². The molecular weight excluding hydrogens is 206 g/mol. The van der Waals surface area contributed by atoms with Gasteiger partial charge in [0.2, 0.25) is 5.91 Å². The van der Waals surface area contributed by atoms with Crippen molar-refractivity contribution >= 4 is 11.7 Å². The SMILES string of the molecule is CCOCC(NC(=O)CCC(C)=O)C(C)C. The third-order valence-corrected chi connectivity index (χ3v) is 2.36. The number of Topliss-reactive ketones (excluding diaryl/α,β-unsaturated/α-hetero) is 1. The summed E-state index contributed by atoms with van der Waals surface area (Å²) in [6.45, 7) is 8.67. The Morgan fingerprint density at radius 3 is 2.31 bits per heavy atom.